The minimum absolute atomic E-state index is 0.0172. The highest BCUT2D eigenvalue weighted by molar-refractivity contribution is 5.95. The standard InChI is InChI=1S/C18H25N3O3/c1-14(22)21(9-8-19-18(23)15-6-7-15)17-5-3-2-4-16(17)20-10-12-24-13-11-20/h2-5,15H,6-13H2,1H3,(H,19,23). The van der Waals surface area contributed by atoms with Gasteiger partial charge >= 0.3 is 0 Å². The molecule has 0 spiro atoms. The Morgan fingerprint density at radius 3 is 2.62 bits per heavy atom. The first-order valence-corrected chi connectivity index (χ1v) is 8.64. The number of hydrogen-bond acceptors (Lipinski definition) is 4. The lowest BCUT2D eigenvalue weighted by Crippen LogP contribution is -2.41. The highest BCUT2D eigenvalue weighted by Gasteiger charge is 2.29. The maximum absolute atomic E-state index is 12.2. The van der Waals surface area contributed by atoms with Gasteiger partial charge in [0, 0.05) is 39.0 Å². The zero-order chi connectivity index (χ0) is 16.9. The third-order valence-corrected chi connectivity index (χ3v) is 4.49. The number of para-hydroxylation sites is 2. The summed E-state index contributed by atoms with van der Waals surface area (Å²) in [7, 11) is 0. The number of benzene rings is 1. The Morgan fingerprint density at radius 2 is 1.96 bits per heavy atom. The first-order valence-electron chi connectivity index (χ1n) is 8.64. The average molecular weight is 331 g/mol. The molecule has 0 bridgehead atoms. The molecule has 24 heavy (non-hydrogen) atoms. The van der Waals surface area contributed by atoms with Gasteiger partial charge in [0.25, 0.3) is 0 Å². The smallest absolute Gasteiger partial charge is 0.223 e. The van der Waals surface area contributed by atoms with Gasteiger partial charge in [-0.2, -0.15) is 0 Å². The Bertz CT molecular complexity index is 595. The normalized spacial score (nSPS) is 17.5. The molecule has 1 N–H and O–H groups in total. The number of morpholine rings is 1. The molecule has 1 aromatic carbocycles. The van der Waals surface area contributed by atoms with Gasteiger partial charge < -0.3 is 19.9 Å². The second-order valence-corrected chi connectivity index (χ2v) is 6.32. The van der Waals surface area contributed by atoms with Crippen LogP contribution in [0, 0.1) is 5.92 Å². The fourth-order valence-corrected chi connectivity index (χ4v) is 2.99. The second-order valence-electron chi connectivity index (χ2n) is 6.32. The van der Waals surface area contributed by atoms with Crippen molar-refractivity contribution in [3.05, 3.63) is 24.3 Å². The van der Waals surface area contributed by atoms with Crippen molar-refractivity contribution in [3.8, 4) is 0 Å². The molecule has 0 atom stereocenters. The number of carbonyl (C=O) groups excluding carboxylic acids is 2. The van der Waals surface area contributed by atoms with Crippen molar-refractivity contribution >= 4 is 23.2 Å². The number of nitrogens with zero attached hydrogens (tertiary/aromatic N) is 2. The number of rotatable bonds is 6. The van der Waals surface area contributed by atoms with E-state index in [1.165, 1.54) is 0 Å². The molecule has 1 aliphatic heterocycles. The van der Waals surface area contributed by atoms with E-state index in [0.717, 1.165) is 37.3 Å². The molecule has 1 saturated carbocycles. The molecule has 1 saturated heterocycles. The van der Waals surface area contributed by atoms with Crippen LogP contribution in [0.3, 0.4) is 0 Å². The summed E-state index contributed by atoms with van der Waals surface area (Å²) in [6.07, 6.45) is 1.98. The van der Waals surface area contributed by atoms with Crippen molar-refractivity contribution in [2.75, 3.05) is 49.2 Å². The van der Waals surface area contributed by atoms with Crippen LogP contribution in [0.25, 0.3) is 0 Å². The van der Waals surface area contributed by atoms with Gasteiger partial charge in [-0.3, -0.25) is 9.59 Å². The van der Waals surface area contributed by atoms with E-state index in [1.54, 1.807) is 11.8 Å². The monoisotopic (exact) mass is 331 g/mol. The third-order valence-electron chi connectivity index (χ3n) is 4.49. The largest absolute Gasteiger partial charge is 0.378 e. The predicted octanol–water partition coefficient (Wildman–Crippen LogP) is 1.40. The Hall–Kier alpha value is -2.08. The molecule has 1 heterocycles. The van der Waals surface area contributed by atoms with E-state index in [-0.39, 0.29) is 17.7 Å². The second kappa shape index (κ2) is 7.66. The molecule has 6 nitrogen and oxygen atoms in total. The predicted molar refractivity (Wildman–Crippen MR) is 93.2 cm³/mol. The number of hydrogen-bond donors (Lipinski definition) is 1. The molecule has 0 radical (unpaired) electrons. The summed E-state index contributed by atoms with van der Waals surface area (Å²) in [4.78, 5) is 27.9. The molecular weight excluding hydrogens is 306 g/mol. The molecule has 6 heteroatoms. The van der Waals surface area contributed by atoms with E-state index < -0.39 is 0 Å². The average Bonchev–Trinajstić information content (AvgIpc) is 3.44. The molecule has 1 aliphatic carbocycles. The van der Waals surface area contributed by atoms with Gasteiger partial charge in [-0.1, -0.05) is 12.1 Å². The lowest BCUT2D eigenvalue weighted by molar-refractivity contribution is -0.122. The van der Waals surface area contributed by atoms with E-state index in [4.69, 9.17) is 4.74 Å². The van der Waals surface area contributed by atoms with Crippen molar-refractivity contribution in [2.45, 2.75) is 19.8 Å². The number of ether oxygens (including phenoxy) is 1. The Morgan fingerprint density at radius 1 is 1.25 bits per heavy atom. The minimum atomic E-state index is -0.0172. The highest BCUT2D eigenvalue weighted by Crippen LogP contribution is 2.30. The number of nitrogens with one attached hydrogen (secondary N) is 1. The molecule has 2 fully saturated rings. The SMILES string of the molecule is CC(=O)N(CCNC(=O)C1CC1)c1ccccc1N1CCOCC1. The van der Waals surface area contributed by atoms with Crippen LogP contribution < -0.4 is 15.1 Å². The fourth-order valence-electron chi connectivity index (χ4n) is 2.99. The van der Waals surface area contributed by atoms with Crippen molar-refractivity contribution in [1.29, 1.82) is 0 Å². The third kappa shape index (κ3) is 4.06. The quantitative estimate of drug-likeness (QED) is 0.856. The van der Waals surface area contributed by atoms with Gasteiger partial charge in [-0.15, -0.1) is 0 Å². The minimum Gasteiger partial charge on any atom is -0.378 e. The highest BCUT2D eigenvalue weighted by atomic mass is 16.5. The van der Waals surface area contributed by atoms with E-state index in [9.17, 15) is 9.59 Å². The lowest BCUT2D eigenvalue weighted by atomic mass is 10.2. The molecule has 0 unspecified atom stereocenters. The van der Waals surface area contributed by atoms with Gasteiger partial charge in [0.05, 0.1) is 24.6 Å². The molecular formula is C18H25N3O3. The first-order chi connectivity index (χ1) is 11.7. The summed E-state index contributed by atoms with van der Waals surface area (Å²) in [5, 5.41) is 2.93. The summed E-state index contributed by atoms with van der Waals surface area (Å²) >= 11 is 0. The zero-order valence-corrected chi connectivity index (χ0v) is 14.2. The van der Waals surface area contributed by atoms with E-state index in [0.29, 0.717) is 26.3 Å². The van der Waals surface area contributed by atoms with Crippen LogP contribution in [-0.4, -0.2) is 51.2 Å². The van der Waals surface area contributed by atoms with Crippen LogP contribution >= 0.6 is 0 Å². The van der Waals surface area contributed by atoms with Crippen molar-refractivity contribution in [1.82, 2.24) is 5.32 Å². The molecule has 0 aromatic heterocycles. The van der Waals surface area contributed by atoms with Gasteiger partial charge in [0.2, 0.25) is 11.8 Å². The van der Waals surface area contributed by atoms with Crippen molar-refractivity contribution in [2.24, 2.45) is 5.92 Å². The topological polar surface area (TPSA) is 61.9 Å². The van der Waals surface area contributed by atoms with E-state index in [2.05, 4.69) is 10.2 Å². The number of anilines is 2. The van der Waals surface area contributed by atoms with Gasteiger partial charge in [-0.05, 0) is 25.0 Å². The van der Waals surface area contributed by atoms with Gasteiger partial charge in [-0.25, -0.2) is 0 Å². The van der Waals surface area contributed by atoms with E-state index in [1.807, 2.05) is 24.3 Å². The Kier molecular flexibility index (Phi) is 5.35. The Balaban J connectivity index is 1.70. The summed E-state index contributed by atoms with van der Waals surface area (Å²) in [6.45, 7) is 5.57. The van der Waals surface area contributed by atoms with Crippen molar-refractivity contribution in [3.63, 3.8) is 0 Å². The summed E-state index contributed by atoms with van der Waals surface area (Å²) in [6, 6.07) is 7.94. The molecule has 1 aromatic rings. The van der Waals surface area contributed by atoms with Crippen LogP contribution in [0.1, 0.15) is 19.8 Å². The number of carbonyl (C=O) groups is 2. The van der Waals surface area contributed by atoms with Crippen molar-refractivity contribution < 1.29 is 14.3 Å². The van der Waals surface area contributed by atoms with Crippen LogP contribution in [0.2, 0.25) is 0 Å². The summed E-state index contributed by atoms with van der Waals surface area (Å²) in [5.41, 5.74) is 1.94. The number of amides is 2. The van der Waals surface area contributed by atoms with Crippen LogP contribution in [0.15, 0.2) is 24.3 Å². The molecule has 3 rings (SSSR count). The maximum Gasteiger partial charge on any atom is 0.223 e. The first kappa shape index (κ1) is 16.8. The summed E-state index contributed by atoms with van der Waals surface area (Å²) < 4.78 is 5.42. The molecule has 130 valence electrons. The maximum atomic E-state index is 12.2. The van der Waals surface area contributed by atoms with Gasteiger partial charge in [0.15, 0.2) is 0 Å². The lowest BCUT2D eigenvalue weighted by Gasteiger charge is -2.33. The van der Waals surface area contributed by atoms with Crippen LogP contribution in [-0.2, 0) is 14.3 Å². The fraction of sp³-hybridized carbons (Fsp3) is 0.556. The molecule has 2 aliphatic rings. The van der Waals surface area contributed by atoms with E-state index >= 15 is 0 Å². The summed E-state index contributed by atoms with van der Waals surface area (Å²) in [5.74, 6) is 0.285. The molecule has 2 amide bonds. The Labute approximate surface area is 142 Å². The zero-order valence-electron chi connectivity index (χ0n) is 14.2. The van der Waals surface area contributed by atoms with Gasteiger partial charge in [0.1, 0.15) is 0 Å². The van der Waals surface area contributed by atoms with Crippen LogP contribution in [0.4, 0.5) is 11.4 Å². The van der Waals surface area contributed by atoms with Crippen LogP contribution in [0.5, 0.6) is 0 Å².